The van der Waals surface area contributed by atoms with Gasteiger partial charge in [0.05, 0.1) is 11.6 Å². The highest BCUT2D eigenvalue weighted by molar-refractivity contribution is 5.95. The van der Waals surface area contributed by atoms with Gasteiger partial charge in [-0.05, 0) is 51.2 Å². The number of carbonyl (C=O) groups is 1. The zero-order chi connectivity index (χ0) is 18.0. The van der Waals surface area contributed by atoms with Crippen molar-refractivity contribution in [3.63, 3.8) is 0 Å². The first-order valence-corrected chi connectivity index (χ1v) is 9.16. The summed E-state index contributed by atoms with van der Waals surface area (Å²) in [5.41, 5.74) is 4.15. The zero-order valence-electron chi connectivity index (χ0n) is 15.4. The summed E-state index contributed by atoms with van der Waals surface area (Å²) in [6, 6.07) is 12.6. The number of carbonyl (C=O) groups excluding carboxylic acids is 1. The smallest absolute Gasteiger partial charge is 0.255 e. The summed E-state index contributed by atoms with van der Waals surface area (Å²) in [7, 11) is 0. The molecular weight excluding hydrogens is 312 g/mol. The Morgan fingerprint density at radius 2 is 2.00 bits per heavy atom. The largest absolute Gasteiger partial charge is 0.396 e. The summed E-state index contributed by atoms with van der Waals surface area (Å²) in [5.74, 6) is 0.308. The number of hydrogen-bond donors (Lipinski definition) is 1. The normalized spacial score (nSPS) is 19.0. The molecule has 1 aromatic carbocycles. The lowest BCUT2D eigenvalue weighted by molar-refractivity contribution is 0.0620. The van der Waals surface area contributed by atoms with E-state index in [1.54, 1.807) is 0 Å². The maximum absolute atomic E-state index is 13.0. The van der Waals surface area contributed by atoms with E-state index in [0.717, 1.165) is 36.3 Å². The number of aryl methyl sites for hydroxylation is 1. The van der Waals surface area contributed by atoms with Crippen molar-refractivity contribution in [1.29, 1.82) is 0 Å². The molecule has 0 radical (unpaired) electrons. The molecular formula is C21H28N2O2. The number of nitrogens with zero attached hydrogens (tertiary/aromatic N) is 2. The predicted octanol–water partition coefficient (Wildman–Crippen LogP) is 3.56. The van der Waals surface area contributed by atoms with Crippen LogP contribution in [0, 0.1) is 19.8 Å². The van der Waals surface area contributed by atoms with Crippen LogP contribution in [0.15, 0.2) is 36.4 Å². The molecule has 25 heavy (non-hydrogen) atoms. The van der Waals surface area contributed by atoms with Gasteiger partial charge in [0, 0.05) is 31.1 Å². The van der Waals surface area contributed by atoms with Gasteiger partial charge in [-0.2, -0.15) is 0 Å². The van der Waals surface area contributed by atoms with Crippen molar-refractivity contribution in [3.8, 4) is 0 Å². The first-order valence-electron chi connectivity index (χ1n) is 9.16. The Bertz CT molecular complexity index is 736. The standard InChI is InChI=1S/C21H28N2O2/c1-15-12-20(21(25)22-11-7-8-18(13-22)14-24)17(3)23(15)16(2)19-9-5-4-6-10-19/h4-6,9-10,12,16,18,24H,7-8,11,13-14H2,1-3H3. The van der Waals surface area contributed by atoms with Crippen LogP contribution < -0.4 is 0 Å². The Morgan fingerprint density at radius 1 is 1.28 bits per heavy atom. The molecule has 0 spiro atoms. The third-order valence-electron chi connectivity index (χ3n) is 5.45. The fourth-order valence-corrected chi connectivity index (χ4v) is 4.04. The Morgan fingerprint density at radius 3 is 2.68 bits per heavy atom. The molecule has 1 aromatic heterocycles. The Kier molecular flexibility index (Phi) is 5.28. The van der Waals surface area contributed by atoms with Gasteiger partial charge in [0.2, 0.25) is 0 Å². The van der Waals surface area contributed by atoms with E-state index in [4.69, 9.17) is 0 Å². The molecule has 2 aromatic rings. The fourth-order valence-electron chi connectivity index (χ4n) is 4.04. The van der Waals surface area contributed by atoms with Gasteiger partial charge in [-0.3, -0.25) is 4.79 Å². The molecule has 1 N–H and O–H groups in total. The number of piperidine rings is 1. The molecule has 2 heterocycles. The second kappa shape index (κ2) is 7.44. The molecule has 0 bridgehead atoms. The molecule has 4 nitrogen and oxygen atoms in total. The van der Waals surface area contributed by atoms with Crippen LogP contribution in [0.1, 0.15) is 53.1 Å². The number of aliphatic hydroxyl groups excluding tert-OH is 1. The minimum atomic E-state index is 0.0951. The number of aromatic nitrogens is 1. The molecule has 0 saturated carbocycles. The number of hydrogen-bond acceptors (Lipinski definition) is 2. The summed E-state index contributed by atoms with van der Waals surface area (Å²) in [4.78, 5) is 14.9. The molecule has 2 unspecified atom stereocenters. The van der Waals surface area contributed by atoms with Gasteiger partial charge in [-0.25, -0.2) is 0 Å². The van der Waals surface area contributed by atoms with E-state index < -0.39 is 0 Å². The monoisotopic (exact) mass is 340 g/mol. The topological polar surface area (TPSA) is 45.5 Å². The highest BCUT2D eigenvalue weighted by atomic mass is 16.3. The van der Waals surface area contributed by atoms with Gasteiger partial charge in [-0.1, -0.05) is 30.3 Å². The summed E-state index contributed by atoms with van der Waals surface area (Å²) in [5, 5.41) is 9.42. The Hall–Kier alpha value is -2.07. The molecule has 2 atom stereocenters. The first kappa shape index (κ1) is 17.7. The second-order valence-electron chi connectivity index (χ2n) is 7.18. The molecule has 4 heteroatoms. The molecule has 1 fully saturated rings. The fraction of sp³-hybridized carbons (Fsp3) is 0.476. The Balaban J connectivity index is 1.88. The maximum Gasteiger partial charge on any atom is 0.255 e. The molecule has 1 saturated heterocycles. The van der Waals surface area contributed by atoms with E-state index >= 15 is 0 Å². The van der Waals surface area contributed by atoms with Crippen LogP contribution in [0.4, 0.5) is 0 Å². The van der Waals surface area contributed by atoms with Crippen molar-refractivity contribution in [2.24, 2.45) is 5.92 Å². The van der Waals surface area contributed by atoms with E-state index in [9.17, 15) is 9.90 Å². The van der Waals surface area contributed by atoms with Gasteiger partial charge in [-0.15, -0.1) is 0 Å². The average Bonchev–Trinajstić information content (AvgIpc) is 2.95. The van der Waals surface area contributed by atoms with E-state index in [0.29, 0.717) is 6.54 Å². The molecule has 0 aliphatic carbocycles. The molecule has 1 amide bonds. The number of aliphatic hydroxyl groups is 1. The van der Waals surface area contributed by atoms with Gasteiger partial charge < -0.3 is 14.6 Å². The van der Waals surface area contributed by atoms with Crippen LogP contribution in [0.5, 0.6) is 0 Å². The van der Waals surface area contributed by atoms with E-state index in [1.165, 1.54) is 5.56 Å². The van der Waals surface area contributed by atoms with E-state index in [2.05, 4.69) is 42.7 Å². The second-order valence-corrected chi connectivity index (χ2v) is 7.18. The van der Waals surface area contributed by atoms with Crippen molar-refractivity contribution in [2.75, 3.05) is 19.7 Å². The highest BCUT2D eigenvalue weighted by Crippen LogP contribution is 2.27. The van der Waals surface area contributed by atoms with Crippen LogP contribution in [-0.4, -0.2) is 40.2 Å². The lowest BCUT2D eigenvalue weighted by Gasteiger charge is -2.32. The van der Waals surface area contributed by atoms with E-state index in [1.807, 2.05) is 24.0 Å². The van der Waals surface area contributed by atoms with Crippen molar-refractivity contribution in [1.82, 2.24) is 9.47 Å². The predicted molar refractivity (Wildman–Crippen MR) is 99.9 cm³/mol. The number of amides is 1. The third kappa shape index (κ3) is 3.49. The highest BCUT2D eigenvalue weighted by Gasteiger charge is 2.27. The lowest BCUT2D eigenvalue weighted by Crippen LogP contribution is -2.41. The van der Waals surface area contributed by atoms with Crippen molar-refractivity contribution in [3.05, 3.63) is 58.9 Å². The van der Waals surface area contributed by atoms with Gasteiger partial charge in [0.25, 0.3) is 5.91 Å². The quantitative estimate of drug-likeness (QED) is 0.925. The molecule has 3 rings (SSSR count). The van der Waals surface area contributed by atoms with Crippen LogP contribution >= 0.6 is 0 Å². The number of benzene rings is 1. The van der Waals surface area contributed by atoms with Crippen LogP contribution in [0.3, 0.4) is 0 Å². The van der Waals surface area contributed by atoms with Crippen molar-refractivity contribution < 1.29 is 9.90 Å². The molecule has 1 aliphatic heterocycles. The summed E-state index contributed by atoms with van der Waals surface area (Å²) in [6.45, 7) is 7.88. The first-order chi connectivity index (χ1) is 12.0. The minimum absolute atomic E-state index is 0.0951. The number of rotatable bonds is 4. The number of likely N-dealkylation sites (tertiary alicyclic amines) is 1. The lowest BCUT2D eigenvalue weighted by atomic mass is 9.98. The van der Waals surface area contributed by atoms with Gasteiger partial charge >= 0.3 is 0 Å². The maximum atomic E-state index is 13.0. The van der Waals surface area contributed by atoms with Crippen LogP contribution in [0.25, 0.3) is 0 Å². The summed E-state index contributed by atoms with van der Waals surface area (Å²) < 4.78 is 2.25. The van der Waals surface area contributed by atoms with Crippen LogP contribution in [0.2, 0.25) is 0 Å². The van der Waals surface area contributed by atoms with E-state index in [-0.39, 0.29) is 24.5 Å². The summed E-state index contributed by atoms with van der Waals surface area (Å²) >= 11 is 0. The SMILES string of the molecule is Cc1cc(C(=O)N2CCCC(CO)C2)c(C)n1C(C)c1ccccc1. The average molecular weight is 340 g/mol. The zero-order valence-corrected chi connectivity index (χ0v) is 15.4. The van der Waals surface area contributed by atoms with Gasteiger partial charge in [0.1, 0.15) is 0 Å². The summed E-state index contributed by atoms with van der Waals surface area (Å²) in [6.07, 6.45) is 1.97. The van der Waals surface area contributed by atoms with Gasteiger partial charge in [0.15, 0.2) is 0 Å². The van der Waals surface area contributed by atoms with Crippen LogP contribution in [-0.2, 0) is 0 Å². The van der Waals surface area contributed by atoms with Crippen molar-refractivity contribution >= 4 is 5.91 Å². The Labute approximate surface area is 150 Å². The van der Waals surface area contributed by atoms with Crippen molar-refractivity contribution in [2.45, 2.75) is 39.7 Å². The third-order valence-corrected chi connectivity index (χ3v) is 5.45. The minimum Gasteiger partial charge on any atom is -0.396 e. The molecule has 134 valence electrons. The molecule has 1 aliphatic rings.